The van der Waals surface area contributed by atoms with Gasteiger partial charge in [0.1, 0.15) is 5.15 Å². The van der Waals surface area contributed by atoms with E-state index in [1.54, 1.807) is 11.6 Å². The summed E-state index contributed by atoms with van der Waals surface area (Å²) in [6.45, 7) is 6.02. The summed E-state index contributed by atoms with van der Waals surface area (Å²) in [7, 11) is 0. The molecular formula is C17H23ClN4O4. The Balaban J connectivity index is 1.82. The molecule has 0 atom stereocenters. The quantitative estimate of drug-likeness (QED) is 0.555. The van der Waals surface area contributed by atoms with Crippen LogP contribution < -0.4 is 10.6 Å². The highest BCUT2D eigenvalue weighted by Gasteiger charge is 2.24. The molecule has 2 rings (SSSR count). The lowest BCUT2D eigenvalue weighted by Crippen LogP contribution is -2.42. The topological polar surface area (TPSA) is 102 Å². The highest BCUT2D eigenvalue weighted by atomic mass is 35.5. The average Bonchev–Trinajstić information content (AvgIpc) is 3.30. The Morgan fingerprint density at radius 1 is 1.38 bits per heavy atom. The van der Waals surface area contributed by atoms with Gasteiger partial charge in [-0.05, 0) is 31.8 Å². The molecule has 0 unspecified atom stereocenters. The molecule has 0 bridgehead atoms. The zero-order valence-electron chi connectivity index (χ0n) is 15.0. The number of rotatable bonds is 7. The number of hydrogen-bond donors (Lipinski definition) is 2. The van der Waals surface area contributed by atoms with Gasteiger partial charge in [-0.15, -0.1) is 0 Å². The van der Waals surface area contributed by atoms with Gasteiger partial charge in [0.05, 0.1) is 5.69 Å². The van der Waals surface area contributed by atoms with E-state index in [0.717, 1.165) is 12.8 Å². The van der Waals surface area contributed by atoms with Crippen molar-refractivity contribution >= 4 is 35.6 Å². The molecule has 8 nitrogen and oxygen atoms in total. The minimum atomic E-state index is -0.713. The maximum Gasteiger partial charge on any atom is 0.331 e. The van der Waals surface area contributed by atoms with Crippen molar-refractivity contribution in [3.8, 4) is 0 Å². The number of urea groups is 1. The van der Waals surface area contributed by atoms with Crippen molar-refractivity contribution in [1.29, 1.82) is 0 Å². The van der Waals surface area contributed by atoms with Crippen LogP contribution in [-0.4, -0.2) is 40.3 Å². The summed E-state index contributed by atoms with van der Waals surface area (Å²) in [4.78, 5) is 34.7. The molecule has 1 aromatic rings. The van der Waals surface area contributed by atoms with Crippen molar-refractivity contribution in [2.24, 2.45) is 5.92 Å². The average molecular weight is 383 g/mol. The number of esters is 1. The van der Waals surface area contributed by atoms with Gasteiger partial charge in [0.2, 0.25) is 0 Å². The molecule has 1 heterocycles. The maximum atomic E-state index is 11.7. The van der Waals surface area contributed by atoms with Gasteiger partial charge in [0.25, 0.3) is 5.91 Å². The smallest absolute Gasteiger partial charge is 0.331 e. The van der Waals surface area contributed by atoms with Gasteiger partial charge in [-0.2, -0.15) is 5.10 Å². The molecule has 1 aromatic heterocycles. The van der Waals surface area contributed by atoms with Crippen LogP contribution in [0, 0.1) is 12.8 Å². The minimum absolute atomic E-state index is 0.137. The second kappa shape index (κ2) is 8.84. The fraction of sp³-hybridized carbons (Fsp3) is 0.529. The van der Waals surface area contributed by atoms with Gasteiger partial charge < -0.3 is 10.1 Å². The summed E-state index contributed by atoms with van der Waals surface area (Å²) in [5, 5.41) is 9.47. The van der Waals surface area contributed by atoms with E-state index in [1.807, 2.05) is 0 Å². The van der Waals surface area contributed by atoms with Crippen LogP contribution in [0.1, 0.15) is 37.9 Å². The minimum Gasteiger partial charge on any atom is -0.452 e. The van der Waals surface area contributed by atoms with Crippen molar-refractivity contribution in [1.82, 2.24) is 20.4 Å². The zero-order chi connectivity index (χ0) is 19.3. The van der Waals surface area contributed by atoms with E-state index < -0.39 is 24.5 Å². The first-order chi connectivity index (χ1) is 12.3. The molecule has 26 heavy (non-hydrogen) atoms. The van der Waals surface area contributed by atoms with Gasteiger partial charge in [-0.25, -0.2) is 9.59 Å². The number of carbonyl (C=O) groups is 3. The van der Waals surface area contributed by atoms with E-state index >= 15 is 0 Å². The summed E-state index contributed by atoms with van der Waals surface area (Å²) >= 11 is 6.28. The summed E-state index contributed by atoms with van der Waals surface area (Å²) in [5.41, 5.74) is 1.31. The van der Waals surface area contributed by atoms with Crippen LogP contribution in [0.15, 0.2) is 6.08 Å². The normalized spacial score (nSPS) is 13.9. The Morgan fingerprint density at radius 2 is 2.08 bits per heavy atom. The van der Waals surface area contributed by atoms with Gasteiger partial charge in [0.15, 0.2) is 6.61 Å². The van der Waals surface area contributed by atoms with Gasteiger partial charge in [-0.3, -0.25) is 14.8 Å². The lowest BCUT2D eigenvalue weighted by molar-refractivity contribution is -0.143. The number of nitrogens with one attached hydrogen (secondary N) is 2. The maximum absolute atomic E-state index is 11.7. The molecule has 1 aliphatic carbocycles. The van der Waals surface area contributed by atoms with Crippen LogP contribution in [0.2, 0.25) is 5.15 Å². The molecule has 2 N–H and O–H groups in total. The second-order valence-corrected chi connectivity index (χ2v) is 6.96. The van der Waals surface area contributed by atoms with E-state index in [-0.39, 0.29) is 6.04 Å². The molecule has 0 spiro atoms. The number of imide groups is 1. The molecule has 142 valence electrons. The summed E-state index contributed by atoms with van der Waals surface area (Å²) in [6.07, 6.45) is 4.50. The largest absolute Gasteiger partial charge is 0.452 e. The molecule has 1 fully saturated rings. The standard InChI is InChI=1S/C17H23ClN4O4/c1-10(2)8-22-16(18)13(11(3)21-22)6-7-15(24)26-9-14(23)20-17(25)19-12-4-5-12/h6-7,10,12H,4-5,8-9H2,1-3H3,(H2,19,20,23,25)/b7-6+. The Kier molecular flexibility index (Phi) is 6.79. The first-order valence-corrected chi connectivity index (χ1v) is 8.82. The molecule has 0 aliphatic heterocycles. The summed E-state index contributed by atoms with van der Waals surface area (Å²) in [6, 6.07) is -0.443. The highest BCUT2D eigenvalue weighted by Crippen LogP contribution is 2.22. The van der Waals surface area contributed by atoms with Crippen LogP contribution in [-0.2, 0) is 20.9 Å². The zero-order valence-corrected chi connectivity index (χ0v) is 15.8. The molecule has 3 amide bonds. The fourth-order valence-corrected chi connectivity index (χ4v) is 2.48. The number of aromatic nitrogens is 2. The number of amides is 3. The molecule has 9 heteroatoms. The number of nitrogens with zero attached hydrogens (tertiary/aromatic N) is 2. The van der Waals surface area contributed by atoms with Gasteiger partial charge in [-0.1, -0.05) is 25.4 Å². The molecular weight excluding hydrogens is 360 g/mol. The van der Waals surface area contributed by atoms with Crippen molar-refractivity contribution in [2.75, 3.05) is 6.61 Å². The third-order valence-corrected chi connectivity index (χ3v) is 3.94. The number of carbonyl (C=O) groups excluding carboxylic acids is 3. The monoisotopic (exact) mass is 382 g/mol. The van der Waals surface area contributed by atoms with Crippen molar-refractivity contribution in [3.63, 3.8) is 0 Å². The third kappa shape index (κ3) is 6.18. The second-order valence-electron chi connectivity index (χ2n) is 6.60. The van der Waals surface area contributed by atoms with E-state index in [2.05, 4.69) is 29.6 Å². The van der Waals surface area contributed by atoms with E-state index in [4.69, 9.17) is 16.3 Å². The number of hydrogen-bond acceptors (Lipinski definition) is 5. The van der Waals surface area contributed by atoms with Gasteiger partial charge >= 0.3 is 12.0 Å². The molecule has 1 saturated carbocycles. The SMILES string of the molecule is Cc1nn(CC(C)C)c(Cl)c1/C=C/C(=O)OCC(=O)NC(=O)NC1CC1. The van der Waals surface area contributed by atoms with Crippen molar-refractivity contribution in [3.05, 3.63) is 22.5 Å². The Labute approximate surface area is 156 Å². The van der Waals surface area contributed by atoms with Gasteiger partial charge in [0, 0.05) is 24.2 Å². The Bertz CT molecular complexity index is 723. The Morgan fingerprint density at radius 3 is 2.69 bits per heavy atom. The summed E-state index contributed by atoms with van der Waals surface area (Å²) in [5.74, 6) is -1.03. The number of halogens is 1. The Hall–Kier alpha value is -2.35. The van der Waals surface area contributed by atoms with E-state index in [0.29, 0.717) is 28.9 Å². The molecule has 0 saturated heterocycles. The van der Waals surface area contributed by atoms with Crippen molar-refractivity contribution < 1.29 is 19.1 Å². The first-order valence-electron chi connectivity index (χ1n) is 8.44. The molecule has 0 radical (unpaired) electrons. The number of aryl methyl sites for hydroxylation is 1. The lowest BCUT2D eigenvalue weighted by atomic mass is 10.2. The van der Waals surface area contributed by atoms with E-state index in [1.165, 1.54) is 12.2 Å². The van der Waals surface area contributed by atoms with Crippen LogP contribution in [0.5, 0.6) is 0 Å². The fourth-order valence-electron chi connectivity index (χ4n) is 2.17. The van der Waals surface area contributed by atoms with Crippen molar-refractivity contribution in [2.45, 2.75) is 46.2 Å². The highest BCUT2D eigenvalue weighted by molar-refractivity contribution is 6.31. The lowest BCUT2D eigenvalue weighted by Gasteiger charge is -2.06. The van der Waals surface area contributed by atoms with E-state index in [9.17, 15) is 14.4 Å². The first kappa shape index (κ1) is 20.0. The predicted molar refractivity (Wildman–Crippen MR) is 96.5 cm³/mol. The predicted octanol–water partition coefficient (Wildman–Crippen LogP) is 2.05. The van der Waals surface area contributed by atoms with Crippen LogP contribution in [0.3, 0.4) is 0 Å². The summed E-state index contributed by atoms with van der Waals surface area (Å²) < 4.78 is 6.49. The number of ether oxygens (including phenoxy) is 1. The van der Waals surface area contributed by atoms with Crippen LogP contribution >= 0.6 is 11.6 Å². The molecule has 0 aromatic carbocycles. The van der Waals surface area contributed by atoms with Crippen LogP contribution in [0.25, 0.3) is 6.08 Å². The molecule has 1 aliphatic rings. The van der Waals surface area contributed by atoms with Crippen LogP contribution in [0.4, 0.5) is 4.79 Å². The third-order valence-electron chi connectivity index (χ3n) is 3.54.